The minimum Gasteiger partial charge on any atom is -0.218 e. The van der Waals surface area contributed by atoms with E-state index in [0.717, 1.165) is 5.56 Å². The molecule has 0 fully saturated rings. The zero-order valence-corrected chi connectivity index (χ0v) is 12.4. The summed E-state index contributed by atoms with van der Waals surface area (Å²) in [5.41, 5.74) is 0.966. The molecule has 2 rings (SSSR count). The molecule has 2 aromatic rings. The summed E-state index contributed by atoms with van der Waals surface area (Å²) in [6.07, 6.45) is 1.50. The van der Waals surface area contributed by atoms with Crippen LogP contribution in [0.2, 0.25) is 0 Å². The van der Waals surface area contributed by atoms with Gasteiger partial charge >= 0.3 is 0 Å². The monoisotopic (exact) mass is 297 g/mol. The molecule has 0 bridgehead atoms. The first-order chi connectivity index (χ1) is 10.1. The van der Waals surface area contributed by atoms with Crippen molar-refractivity contribution in [2.75, 3.05) is 0 Å². The first kappa shape index (κ1) is 15.0. The Morgan fingerprint density at radius 2 is 1.57 bits per heavy atom. The van der Waals surface area contributed by atoms with Gasteiger partial charge in [0.25, 0.3) is 0 Å². The highest BCUT2D eigenvalue weighted by Crippen LogP contribution is 2.24. The highest BCUT2D eigenvalue weighted by Gasteiger charge is 2.21. The van der Waals surface area contributed by atoms with Gasteiger partial charge < -0.3 is 0 Å². The molecule has 0 radical (unpaired) electrons. The predicted octanol–water partition coefficient (Wildman–Crippen LogP) is 3.67. The van der Waals surface area contributed by atoms with Gasteiger partial charge in [-0.1, -0.05) is 55.5 Å². The fourth-order valence-electron chi connectivity index (χ4n) is 1.99. The Morgan fingerprint density at radius 1 is 1.05 bits per heavy atom. The van der Waals surface area contributed by atoms with Crippen molar-refractivity contribution in [3.8, 4) is 6.07 Å². The van der Waals surface area contributed by atoms with E-state index in [1.54, 1.807) is 18.2 Å². The molecule has 0 aliphatic rings. The molecule has 0 amide bonds. The summed E-state index contributed by atoms with van der Waals surface area (Å²) in [5, 5.41) is 9.22. The van der Waals surface area contributed by atoms with Gasteiger partial charge in [-0.05, 0) is 23.8 Å². The molecular weight excluding hydrogens is 282 g/mol. The molecule has 0 saturated heterocycles. The van der Waals surface area contributed by atoms with E-state index in [0.29, 0.717) is 0 Å². The molecule has 0 aliphatic heterocycles. The molecule has 4 heteroatoms. The Kier molecular flexibility index (Phi) is 4.56. The van der Waals surface area contributed by atoms with Gasteiger partial charge in [0.05, 0.1) is 4.90 Å². The van der Waals surface area contributed by atoms with Crippen molar-refractivity contribution >= 4 is 9.84 Å². The Balaban J connectivity index is 2.41. The Bertz CT molecular complexity index is 773. The number of benzene rings is 2. The van der Waals surface area contributed by atoms with E-state index in [4.69, 9.17) is 0 Å². The van der Waals surface area contributed by atoms with E-state index in [1.807, 2.05) is 43.3 Å². The zero-order chi connectivity index (χ0) is 15.3. The number of nitrogens with zero attached hydrogens (tertiary/aromatic N) is 1. The van der Waals surface area contributed by atoms with Crippen molar-refractivity contribution in [3.05, 3.63) is 77.2 Å². The van der Waals surface area contributed by atoms with E-state index in [-0.39, 0.29) is 15.7 Å². The highest BCUT2D eigenvalue weighted by atomic mass is 32.2. The predicted molar refractivity (Wildman–Crippen MR) is 82.2 cm³/mol. The highest BCUT2D eigenvalue weighted by molar-refractivity contribution is 7.95. The summed E-state index contributed by atoms with van der Waals surface area (Å²) in [7, 11) is -3.75. The SMILES string of the molecule is C[C@H](/C=C(\C#N)S(=O)(=O)c1ccccc1)c1ccccc1. The minimum atomic E-state index is -3.75. The van der Waals surface area contributed by atoms with Gasteiger partial charge in [-0.3, -0.25) is 0 Å². The quantitative estimate of drug-likeness (QED) is 0.809. The van der Waals surface area contributed by atoms with E-state index in [1.165, 1.54) is 18.2 Å². The molecule has 1 atom stereocenters. The van der Waals surface area contributed by atoms with Crippen LogP contribution in [0.4, 0.5) is 0 Å². The number of hydrogen-bond acceptors (Lipinski definition) is 3. The minimum absolute atomic E-state index is 0.137. The number of allylic oxidation sites excluding steroid dienone is 2. The second-order valence-electron chi connectivity index (χ2n) is 4.66. The van der Waals surface area contributed by atoms with Crippen molar-refractivity contribution in [2.24, 2.45) is 0 Å². The standard InChI is InChI=1S/C17H15NO2S/c1-14(15-8-4-2-5-9-15)12-17(13-18)21(19,20)16-10-6-3-7-11-16/h2-12,14H,1H3/b17-12+/t14-/m1/s1. The topological polar surface area (TPSA) is 57.9 Å². The van der Waals surface area contributed by atoms with Crippen LogP contribution >= 0.6 is 0 Å². The molecule has 0 unspecified atom stereocenters. The van der Waals surface area contributed by atoms with Crippen molar-refractivity contribution < 1.29 is 8.42 Å². The molecule has 3 nitrogen and oxygen atoms in total. The number of hydrogen-bond donors (Lipinski definition) is 0. The fraction of sp³-hybridized carbons (Fsp3) is 0.118. The van der Waals surface area contributed by atoms with E-state index < -0.39 is 9.84 Å². The first-order valence-electron chi connectivity index (χ1n) is 6.52. The van der Waals surface area contributed by atoms with Crippen LogP contribution in [0.15, 0.2) is 76.5 Å². The molecule has 0 spiro atoms. The molecule has 0 aromatic heterocycles. The van der Waals surface area contributed by atoms with Crippen LogP contribution in [0, 0.1) is 11.3 Å². The largest absolute Gasteiger partial charge is 0.218 e. The molecule has 21 heavy (non-hydrogen) atoms. The Morgan fingerprint density at radius 3 is 2.10 bits per heavy atom. The third kappa shape index (κ3) is 3.39. The van der Waals surface area contributed by atoms with Crippen molar-refractivity contribution in [2.45, 2.75) is 17.7 Å². The summed E-state index contributed by atoms with van der Waals surface area (Å²) in [6.45, 7) is 1.87. The van der Waals surface area contributed by atoms with Crippen LogP contribution in [-0.4, -0.2) is 8.42 Å². The fourth-order valence-corrected chi connectivity index (χ4v) is 3.27. The molecule has 106 valence electrons. The molecule has 0 N–H and O–H groups in total. The lowest BCUT2D eigenvalue weighted by Crippen LogP contribution is -2.05. The van der Waals surface area contributed by atoms with Crippen LogP contribution < -0.4 is 0 Å². The summed E-state index contributed by atoms with van der Waals surface area (Å²) in [4.78, 5) is -0.0804. The summed E-state index contributed by atoms with van der Waals surface area (Å²) >= 11 is 0. The summed E-state index contributed by atoms with van der Waals surface area (Å²) < 4.78 is 24.9. The van der Waals surface area contributed by atoms with Gasteiger partial charge in [0, 0.05) is 5.92 Å². The van der Waals surface area contributed by atoms with Crippen LogP contribution in [-0.2, 0) is 9.84 Å². The second-order valence-corrected chi connectivity index (χ2v) is 6.58. The second kappa shape index (κ2) is 6.38. The maximum absolute atomic E-state index is 12.4. The van der Waals surface area contributed by atoms with Gasteiger partial charge in [-0.2, -0.15) is 5.26 Å². The summed E-state index contributed by atoms with van der Waals surface area (Å²) in [6, 6.07) is 19.3. The van der Waals surface area contributed by atoms with Gasteiger partial charge in [0.2, 0.25) is 9.84 Å². The van der Waals surface area contributed by atoms with Crippen LogP contribution in [0.3, 0.4) is 0 Å². The average Bonchev–Trinajstić information content (AvgIpc) is 2.53. The van der Waals surface area contributed by atoms with Crippen molar-refractivity contribution in [1.29, 1.82) is 5.26 Å². The number of nitriles is 1. The smallest absolute Gasteiger partial charge is 0.216 e. The molecular formula is C17H15NO2S. The van der Waals surface area contributed by atoms with Crippen molar-refractivity contribution in [3.63, 3.8) is 0 Å². The maximum Gasteiger partial charge on any atom is 0.216 e. The van der Waals surface area contributed by atoms with Crippen LogP contribution in [0.25, 0.3) is 0 Å². The van der Waals surface area contributed by atoms with Gasteiger partial charge in [-0.15, -0.1) is 0 Å². The third-order valence-electron chi connectivity index (χ3n) is 3.18. The van der Waals surface area contributed by atoms with Crippen molar-refractivity contribution in [1.82, 2.24) is 0 Å². The van der Waals surface area contributed by atoms with E-state index in [2.05, 4.69) is 0 Å². The van der Waals surface area contributed by atoms with Crippen LogP contribution in [0.1, 0.15) is 18.4 Å². The maximum atomic E-state index is 12.4. The van der Waals surface area contributed by atoms with Gasteiger partial charge in [0.1, 0.15) is 11.0 Å². The van der Waals surface area contributed by atoms with Gasteiger partial charge in [0.15, 0.2) is 0 Å². The average molecular weight is 297 g/mol. The number of rotatable bonds is 4. The Labute approximate surface area is 125 Å². The van der Waals surface area contributed by atoms with E-state index >= 15 is 0 Å². The Hall–Kier alpha value is -2.38. The van der Waals surface area contributed by atoms with Crippen LogP contribution in [0.5, 0.6) is 0 Å². The zero-order valence-electron chi connectivity index (χ0n) is 11.6. The van der Waals surface area contributed by atoms with Gasteiger partial charge in [-0.25, -0.2) is 8.42 Å². The first-order valence-corrected chi connectivity index (χ1v) is 8.01. The molecule has 0 heterocycles. The lowest BCUT2D eigenvalue weighted by molar-refractivity contribution is 0.603. The number of sulfone groups is 1. The molecule has 2 aromatic carbocycles. The third-order valence-corrected chi connectivity index (χ3v) is 4.88. The molecule has 0 saturated carbocycles. The lowest BCUT2D eigenvalue weighted by atomic mass is 10.0. The normalized spacial score (nSPS) is 13.4. The summed E-state index contributed by atoms with van der Waals surface area (Å²) in [5.74, 6) is -0.153. The lowest BCUT2D eigenvalue weighted by Gasteiger charge is -2.08. The van der Waals surface area contributed by atoms with E-state index in [9.17, 15) is 13.7 Å². The molecule has 0 aliphatic carbocycles.